The number of rotatable bonds is 4. The SMILES string of the molecule is CCOc1cc(Br)cc(C(=O)O)c1OC. The van der Waals surface area contributed by atoms with E-state index in [-0.39, 0.29) is 11.3 Å². The fourth-order valence-corrected chi connectivity index (χ4v) is 1.64. The molecule has 15 heavy (non-hydrogen) atoms. The highest BCUT2D eigenvalue weighted by Gasteiger charge is 2.17. The number of hydrogen-bond acceptors (Lipinski definition) is 3. The van der Waals surface area contributed by atoms with Crippen molar-refractivity contribution in [2.45, 2.75) is 6.92 Å². The van der Waals surface area contributed by atoms with E-state index in [1.165, 1.54) is 13.2 Å². The Balaban J connectivity index is 3.31. The van der Waals surface area contributed by atoms with Gasteiger partial charge in [-0.05, 0) is 19.1 Å². The normalized spacial score (nSPS) is 9.80. The molecule has 0 aliphatic rings. The Morgan fingerprint density at radius 3 is 2.67 bits per heavy atom. The average molecular weight is 275 g/mol. The third kappa shape index (κ3) is 2.62. The van der Waals surface area contributed by atoms with Gasteiger partial charge in [0, 0.05) is 4.47 Å². The van der Waals surface area contributed by atoms with Crippen LogP contribution in [-0.2, 0) is 0 Å². The third-order valence-corrected chi connectivity index (χ3v) is 2.21. The number of hydrogen-bond donors (Lipinski definition) is 1. The van der Waals surface area contributed by atoms with Gasteiger partial charge in [0.05, 0.1) is 13.7 Å². The average Bonchev–Trinajstić information content (AvgIpc) is 2.17. The molecule has 0 aliphatic heterocycles. The Labute approximate surface area is 95.9 Å². The van der Waals surface area contributed by atoms with Crippen LogP contribution in [-0.4, -0.2) is 24.8 Å². The van der Waals surface area contributed by atoms with Crippen LogP contribution in [0.4, 0.5) is 0 Å². The van der Waals surface area contributed by atoms with Gasteiger partial charge in [-0.2, -0.15) is 0 Å². The van der Waals surface area contributed by atoms with Crippen LogP contribution in [0.5, 0.6) is 11.5 Å². The molecule has 0 saturated heterocycles. The molecular formula is C10H11BrO4. The van der Waals surface area contributed by atoms with Gasteiger partial charge in [-0.1, -0.05) is 15.9 Å². The molecule has 0 bridgehead atoms. The van der Waals surface area contributed by atoms with Gasteiger partial charge >= 0.3 is 5.97 Å². The molecular weight excluding hydrogens is 264 g/mol. The summed E-state index contributed by atoms with van der Waals surface area (Å²) in [4.78, 5) is 10.9. The number of carboxylic acid groups (broad SMARTS) is 1. The van der Waals surface area contributed by atoms with Crippen molar-refractivity contribution in [2.75, 3.05) is 13.7 Å². The summed E-state index contributed by atoms with van der Waals surface area (Å²) < 4.78 is 10.9. The van der Waals surface area contributed by atoms with Crippen molar-refractivity contribution in [3.05, 3.63) is 22.2 Å². The highest BCUT2D eigenvalue weighted by Crippen LogP contribution is 2.34. The van der Waals surface area contributed by atoms with E-state index in [2.05, 4.69) is 15.9 Å². The number of benzene rings is 1. The first kappa shape index (κ1) is 11.8. The molecule has 82 valence electrons. The molecule has 4 nitrogen and oxygen atoms in total. The topological polar surface area (TPSA) is 55.8 Å². The van der Waals surface area contributed by atoms with E-state index in [1.807, 2.05) is 6.92 Å². The second-order valence-corrected chi connectivity index (χ2v) is 3.64. The van der Waals surface area contributed by atoms with Crippen molar-refractivity contribution in [2.24, 2.45) is 0 Å². The molecule has 0 aliphatic carbocycles. The standard InChI is InChI=1S/C10H11BrO4/c1-3-15-8-5-6(11)4-7(10(12)13)9(8)14-2/h4-5H,3H2,1-2H3,(H,12,13). The molecule has 0 heterocycles. The van der Waals surface area contributed by atoms with Gasteiger partial charge in [0.15, 0.2) is 11.5 Å². The van der Waals surface area contributed by atoms with E-state index in [0.29, 0.717) is 16.8 Å². The lowest BCUT2D eigenvalue weighted by Gasteiger charge is -2.12. The van der Waals surface area contributed by atoms with Gasteiger partial charge in [0.25, 0.3) is 0 Å². The first-order valence-electron chi connectivity index (χ1n) is 4.33. The Morgan fingerprint density at radius 1 is 1.53 bits per heavy atom. The van der Waals surface area contributed by atoms with Gasteiger partial charge in [-0.3, -0.25) is 0 Å². The van der Waals surface area contributed by atoms with Gasteiger partial charge in [-0.25, -0.2) is 4.79 Å². The van der Waals surface area contributed by atoms with Gasteiger partial charge in [0.2, 0.25) is 0 Å². The summed E-state index contributed by atoms with van der Waals surface area (Å²) in [5.74, 6) is -0.381. The largest absolute Gasteiger partial charge is 0.492 e. The van der Waals surface area contributed by atoms with E-state index in [4.69, 9.17) is 14.6 Å². The van der Waals surface area contributed by atoms with Gasteiger partial charge < -0.3 is 14.6 Å². The maximum Gasteiger partial charge on any atom is 0.339 e. The van der Waals surface area contributed by atoms with Crippen LogP contribution in [0.25, 0.3) is 0 Å². The molecule has 1 aromatic carbocycles. The quantitative estimate of drug-likeness (QED) is 0.917. The molecule has 0 amide bonds. The maximum absolute atomic E-state index is 10.9. The van der Waals surface area contributed by atoms with Gasteiger partial charge in [-0.15, -0.1) is 0 Å². The van der Waals surface area contributed by atoms with Crippen molar-refractivity contribution >= 4 is 21.9 Å². The zero-order chi connectivity index (χ0) is 11.4. The number of carbonyl (C=O) groups is 1. The molecule has 0 atom stereocenters. The lowest BCUT2D eigenvalue weighted by molar-refractivity contribution is 0.0692. The highest BCUT2D eigenvalue weighted by molar-refractivity contribution is 9.10. The second-order valence-electron chi connectivity index (χ2n) is 2.72. The summed E-state index contributed by atoms with van der Waals surface area (Å²) in [5.41, 5.74) is 0.0790. The molecule has 1 rings (SSSR count). The zero-order valence-electron chi connectivity index (χ0n) is 8.41. The zero-order valence-corrected chi connectivity index (χ0v) is 10.00. The first-order valence-corrected chi connectivity index (χ1v) is 5.13. The molecule has 1 N–H and O–H groups in total. The summed E-state index contributed by atoms with van der Waals surface area (Å²) >= 11 is 3.22. The molecule has 0 spiro atoms. The van der Waals surface area contributed by atoms with Crippen molar-refractivity contribution in [1.82, 2.24) is 0 Å². The van der Waals surface area contributed by atoms with E-state index in [0.717, 1.165) is 0 Å². The summed E-state index contributed by atoms with van der Waals surface area (Å²) in [6, 6.07) is 3.15. The number of methoxy groups -OCH3 is 1. The minimum Gasteiger partial charge on any atom is -0.492 e. The number of ether oxygens (including phenoxy) is 2. The van der Waals surface area contributed by atoms with Gasteiger partial charge in [0.1, 0.15) is 5.56 Å². The highest BCUT2D eigenvalue weighted by atomic mass is 79.9. The molecule has 0 saturated carbocycles. The molecule has 0 unspecified atom stereocenters. The lowest BCUT2D eigenvalue weighted by atomic mass is 10.2. The van der Waals surface area contributed by atoms with Crippen LogP contribution in [0, 0.1) is 0 Å². The van der Waals surface area contributed by atoms with Crippen LogP contribution >= 0.6 is 15.9 Å². The Kier molecular flexibility index (Phi) is 3.96. The Morgan fingerprint density at radius 2 is 2.20 bits per heavy atom. The van der Waals surface area contributed by atoms with Crippen LogP contribution in [0.1, 0.15) is 17.3 Å². The van der Waals surface area contributed by atoms with E-state index in [9.17, 15) is 4.79 Å². The van der Waals surface area contributed by atoms with E-state index in [1.54, 1.807) is 6.07 Å². The molecule has 0 fully saturated rings. The first-order chi connectivity index (χ1) is 7.10. The summed E-state index contributed by atoms with van der Waals surface area (Å²) in [6.45, 7) is 2.27. The summed E-state index contributed by atoms with van der Waals surface area (Å²) in [7, 11) is 1.41. The molecule has 0 aromatic heterocycles. The monoisotopic (exact) mass is 274 g/mol. The smallest absolute Gasteiger partial charge is 0.339 e. The van der Waals surface area contributed by atoms with Crippen molar-refractivity contribution in [3.63, 3.8) is 0 Å². The lowest BCUT2D eigenvalue weighted by Crippen LogP contribution is -2.03. The Bertz CT molecular complexity index is 376. The van der Waals surface area contributed by atoms with Crippen molar-refractivity contribution < 1.29 is 19.4 Å². The van der Waals surface area contributed by atoms with E-state index >= 15 is 0 Å². The Hall–Kier alpha value is -1.23. The van der Waals surface area contributed by atoms with E-state index < -0.39 is 5.97 Å². The summed E-state index contributed by atoms with van der Waals surface area (Å²) in [6.07, 6.45) is 0. The molecule has 1 aromatic rings. The minimum absolute atomic E-state index is 0.0790. The summed E-state index contributed by atoms with van der Waals surface area (Å²) in [5, 5.41) is 8.96. The molecule has 5 heteroatoms. The van der Waals surface area contributed by atoms with Crippen molar-refractivity contribution in [3.8, 4) is 11.5 Å². The number of halogens is 1. The van der Waals surface area contributed by atoms with Crippen LogP contribution < -0.4 is 9.47 Å². The number of carboxylic acids is 1. The van der Waals surface area contributed by atoms with Crippen LogP contribution in [0.15, 0.2) is 16.6 Å². The second kappa shape index (κ2) is 5.02. The van der Waals surface area contributed by atoms with Crippen molar-refractivity contribution in [1.29, 1.82) is 0 Å². The predicted molar refractivity (Wildman–Crippen MR) is 58.8 cm³/mol. The predicted octanol–water partition coefficient (Wildman–Crippen LogP) is 2.55. The fraction of sp³-hybridized carbons (Fsp3) is 0.300. The number of aromatic carboxylic acids is 1. The van der Waals surface area contributed by atoms with Crippen LogP contribution in [0.2, 0.25) is 0 Å². The fourth-order valence-electron chi connectivity index (χ4n) is 1.20. The maximum atomic E-state index is 10.9. The molecule has 0 radical (unpaired) electrons. The minimum atomic E-state index is -1.05. The third-order valence-electron chi connectivity index (χ3n) is 1.75. The van der Waals surface area contributed by atoms with Crippen LogP contribution in [0.3, 0.4) is 0 Å².